The SMILES string of the molecule is CCc1cc2c(=O)n(CCn3c(=O)oc4ccccc43)cnc2s1. The summed E-state index contributed by atoms with van der Waals surface area (Å²) in [6.45, 7) is 2.77. The highest BCUT2D eigenvalue weighted by atomic mass is 32.1. The van der Waals surface area contributed by atoms with Crippen molar-refractivity contribution in [3.8, 4) is 0 Å². The molecule has 0 saturated carbocycles. The van der Waals surface area contributed by atoms with Gasteiger partial charge in [-0.05, 0) is 24.6 Å². The minimum atomic E-state index is -0.415. The minimum Gasteiger partial charge on any atom is -0.408 e. The molecule has 0 bridgehead atoms. The summed E-state index contributed by atoms with van der Waals surface area (Å²) < 4.78 is 8.29. The lowest BCUT2D eigenvalue weighted by atomic mass is 10.3. The monoisotopic (exact) mass is 341 g/mol. The predicted octanol–water partition coefficient (Wildman–Crippen LogP) is 2.63. The molecule has 24 heavy (non-hydrogen) atoms. The fourth-order valence-electron chi connectivity index (χ4n) is 2.78. The molecule has 0 fully saturated rings. The van der Waals surface area contributed by atoms with Crippen LogP contribution in [0.15, 0.2) is 50.7 Å². The van der Waals surface area contributed by atoms with Crippen LogP contribution in [0.4, 0.5) is 0 Å². The highest BCUT2D eigenvalue weighted by Crippen LogP contribution is 2.21. The van der Waals surface area contributed by atoms with Crippen molar-refractivity contribution < 1.29 is 4.42 Å². The van der Waals surface area contributed by atoms with Crippen LogP contribution in [0.1, 0.15) is 11.8 Å². The maximum atomic E-state index is 12.6. The summed E-state index contributed by atoms with van der Waals surface area (Å²) in [5.41, 5.74) is 1.21. The molecule has 6 nitrogen and oxygen atoms in total. The first-order valence-electron chi connectivity index (χ1n) is 7.73. The van der Waals surface area contributed by atoms with Crippen molar-refractivity contribution in [1.82, 2.24) is 14.1 Å². The van der Waals surface area contributed by atoms with Gasteiger partial charge in [0, 0.05) is 18.0 Å². The number of fused-ring (bicyclic) bond motifs is 2. The van der Waals surface area contributed by atoms with Crippen LogP contribution >= 0.6 is 11.3 Å². The summed E-state index contributed by atoms with van der Waals surface area (Å²) in [6.07, 6.45) is 2.44. The molecule has 0 aliphatic heterocycles. The maximum Gasteiger partial charge on any atom is 0.420 e. The van der Waals surface area contributed by atoms with Crippen LogP contribution in [-0.2, 0) is 19.5 Å². The molecule has 0 atom stereocenters. The first kappa shape index (κ1) is 14.9. The van der Waals surface area contributed by atoms with Crippen LogP contribution in [0.5, 0.6) is 0 Å². The average Bonchev–Trinajstić information content (AvgIpc) is 3.15. The lowest BCUT2D eigenvalue weighted by Gasteiger charge is -2.05. The number of nitrogens with zero attached hydrogens (tertiary/aromatic N) is 3. The van der Waals surface area contributed by atoms with Crippen LogP contribution in [0.2, 0.25) is 0 Å². The van der Waals surface area contributed by atoms with Crippen LogP contribution in [-0.4, -0.2) is 14.1 Å². The quantitative estimate of drug-likeness (QED) is 0.572. The van der Waals surface area contributed by atoms with Gasteiger partial charge in [0.2, 0.25) is 0 Å². The van der Waals surface area contributed by atoms with Crippen molar-refractivity contribution in [2.24, 2.45) is 0 Å². The molecule has 0 radical (unpaired) electrons. The van der Waals surface area contributed by atoms with E-state index in [2.05, 4.69) is 11.9 Å². The normalized spacial score (nSPS) is 11.5. The summed E-state index contributed by atoms with van der Waals surface area (Å²) in [6, 6.07) is 9.16. The molecule has 122 valence electrons. The zero-order chi connectivity index (χ0) is 16.7. The molecule has 0 saturated heterocycles. The van der Waals surface area contributed by atoms with Gasteiger partial charge in [-0.1, -0.05) is 19.1 Å². The fourth-order valence-corrected chi connectivity index (χ4v) is 3.70. The summed E-state index contributed by atoms with van der Waals surface area (Å²) in [4.78, 5) is 30.9. The second kappa shape index (κ2) is 5.76. The third kappa shape index (κ3) is 2.37. The number of hydrogen-bond donors (Lipinski definition) is 0. The molecule has 4 aromatic rings. The summed E-state index contributed by atoms with van der Waals surface area (Å²) in [7, 11) is 0. The maximum absolute atomic E-state index is 12.6. The van der Waals surface area contributed by atoms with E-state index in [9.17, 15) is 9.59 Å². The smallest absolute Gasteiger partial charge is 0.408 e. The summed E-state index contributed by atoms with van der Waals surface area (Å²) in [5, 5.41) is 0.642. The highest BCUT2D eigenvalue weighted by molar-refractivity contribution is 7.18. The van der Waals surface area contributed by atoms with Crippen LogP contribution < -0.4 is 11.3 Å². The Labute approximate surface area is 140 Å². The molecule has 0 amide bonds. The molecule has 3 heterocycles. The van der Waals surface area contributed by atoms with E-state index in [1.54, 1.807) is 28.3 Å². The molecule has 0 N–H and O–H groups in total. The summed E-state index contributed by atoms with van der Waals surface area (Å²) in [5.74, 6) is -0.415. The third-order valence-corrected chi connectivity index (χ3v) is 5.24. The van der Waals surface area contributed by atoms with Gasteiger partial charge in [0.05, 0.1) is 17.2 Å². The molecular weight excluding hydrogens is 326 g/mol. The average molecular weight is 341 g/mol. The lowest BCUT2D eigenvalue weighted by molar-refractivity contribution is 0.480. The van der Waals surface area contributed by atoms with E-state index in [4.69, 9.17) is 4.42 Å². The molecule has 0 unspecified atom stereocenters. The van der Waals surface area contributed by atoms with Gasteiger partial charge in [0.1, 0.15) is 4.83 Å². The second-order valence-electron chi connectivity index (χ2n) is 5.52. The molecule has 0 aliphatic carbocycles. The first-order valence-corrected chi connectivity index (χ1v) is 8.55. The van der Waals surface area contributed by atoms with Gasteiger partial charge in [0.25, 0.3) is 5.56 Å². The zero-order valence-electron chi connectivity index (χ0n) is 13.1. The third-order valence-electron chi connectivity index (χ3n) is 4.06. The van der Waals surface area contributed by atoms with Gasteiger partial charge in [-0.3, -0.25) is 13.9 Å². The van der Waals surface area contributed by atoms with E-state index in [0.29, 0.717) is 24.1 Å². The predicted molar refractivity (Wildman–Crippen MR) is 93.7 cm³/mol. The number of aryl methyl sites for hydroxylation is 3. The Kier molecular flexibility index (Phi) is 3.57. The van der Waals surface area contributed by atoms with E-state index in [1.165, 1.54) is 4.57 Å². The Morgan fingerprint density at radius 3 is 2.88 bits per heavy atom. The van der Waals surface area contributed by atoms with Gasteiger partial charge in [0.15, 0.2) is 5.58 Å². The Hall–Kier alpha value is -2.67. The van der Waals surface area contributed by atoms with E-state index in [0.717, 1.165) is 21.6 Å². The van der Waals surface area contributed by atoms with Crippen molar-refractivity contribution >= 4 is 32.7 Å². The molecule has 0 aliphatic rings. The number of thiophene rings is 1. The van der Waals surface area contributed by atoms with Gasteiger partial charge in [-0.15, -0.1) is 11.3 Å². The number of aromatic nitrogens is 3. The van der Waals surface area contributed by atoms with Gasteiger partial charge in [-0.25, -0.2) is 9.78 Å². The minimum absolute atomic E-state index is 0.0724. The topological polar surface area (TPSA) is 70.0 Å². The zero-order valence-corrected chi connectivity index (χ0v) is 13.9. The number of hydrogen-bond acceptors (Lipinski definition) is 5. The molecule has 4 rings (SSSR count). The standard InChI is InChI=1S/C17H15N3O3S/c1-2-11-9-12-15(24-11)18-10-19(16(12)21)7-8-20-13-5-3-4-6-14(13)23-17(20)22/h3-6,9-10H,2,7-8H2,1H3. The van der Waals surface area contributed by atoms with E-state index < -0.39 is 5.76 Å². The van der Waals surface area contributed by atoms with Gasteiger partial charge >= 0.3 is 5.76 Å². The number of para-hydroxylation sites is 2. The van der Waals surface area contributed by atoms with E-state index >= 15 is 0 Å². The molecule has 0 spiro atoms. The van der Waals surface area contributed by atoms with Crippen molar-refractivity contribution in [2.45, 2.75) is 26.4 Å². The largest absolute Gasteiger partial charge is 0.420 e. The van der Waals surface area contributed by atoms with Gasteiger partial charge in [-0.2, -0.15) is 0 Å². The lowest BCUT2D eigenvalue weighted by Crippen LogP contribution is -2.25. The Morgan fingerprint density at radius 2 is 2.04 bits per heavy atom. The fraction of sp³-hybridized carbons (Fsp3) is 0.235. The number of oxazole rings is 1. The Morgan fingerprint density at radius 1 is 1.21 bits per heavy atom. The van der Waals surface area contributed by atoms with Crippen molar-refractivity contribution in [1.29, 1.82) is 0 Å². The number of benzene rings is 1. The summed E-state index contributed by atoms with van der Waals surface area (Å²) >= 11 is 1.55. The van der Waals surface area contributed by atoms with E-state index in [-0.39, 0.29) is 5.56 Å². The highest BCUT2D eigenvalue weighted by Gasteiger charge is 2.11. The van der Waals surface area contributed by atoms with Crippen molar-refractivity contribution in [3.63, 3.8) is 0 Å². The first-order chi connectivity index (χ1) is 11.7. The van der Waals surface area contributed by atoms with Gasteiger partial charge < -0.3 is 4.42 Å². The van der Waals surface area contributed by atoms with Crippen LogP contribution in [0.25, 0.3) is 21.3 Å². The molecule has 1 aromatic carbocycles. The molecule has 7 heteroatoms. The Balaban J connectivity index is 1.69. The second-order valence-corrected chi connectivity index (χ2v) is 6.63. The molecular formula is C17H15N3O3S. The van der Waals surface area contributed by atoms with Crippen LogP contribution in [0.3, 0.4) is 0 Å². The van der Waals surface area contributed by atoms with Crippen LogP contribution in [0, 0.1) is 0 Å². The van der Waals surface area contributed by atoms with E-state index in [1.807, 2.05) is 24.3 Å². The Bertz CT molecular complexity index is 1150. The van der Waals surface area contributed by atoms with Crippen molar-refractivity contribution in [2.75, 3.05) is 0 Å². The molecule has 3 aromatic heterocycles. The van der Waals surface area contributed by atoms with Crippen molar-refractivity contribution in [3.05, 3.63) is 62.4 Å². The number of rotatable bonds is 4.